The number of aryl methyl sites for hydroxylation is 1. The van der Waals surface area contributed by atoms with Gasteiger partial charge in [0.2, 0.25) is 5.95 Å². The molecule has 0 aliphatic carbocycles. The zero-order valence-electron chi connectivity index (χ0n) is 14.7. The van der Waals surface area contributed by atoms with Crippen molar-refractivity contribution in [3.05, 3.63) is 71.9 Å². The molecule has 0 amide bonds. The lowest BCUT2D eigenvalue weighted by atomic mass is 10.2. The normalized spacial score (nSPS) is 10.4. The van der Waals surface area contributed by atoms with Crippen molar-refractivity contribution in [1.82, 2.24) is 9.97 Å². The molecule has 2 aromatic carbocycles. The second-order valence-electron chi connectivity index (χ2n) is 5.89. The van der Waals surface area contributed by atoms with Crippen LogP contribution in [-0.2, 0) is 6.54 Å². The van der Waals surface area contributed by atoms with Gasteiger partial charge >= 0.3 is 0 Å². The van der Waals surface area contributed by atoms with Crippen molar-refractivity contribution in [2.24, 2.45) is 0 Å². The Hall–Kier alpha value is -3.08. The fourth-order valence-electron chi connectivity index (χ4n) is 2.54. The quantitative estimate of drug-likeness (QED) is 0.733. The summed E-state index contributed by atoms with van der Waals surface area (Å²) in [5.74, 6) is 2.29. The maximum Gasteiger partial charge on any atom is 0.227 e. The molecule has 1 heterocycles. The predicted molar refractivity (Wildman–Crippen MR) is 102 cm³/mol. The molecule has 0 saturated carbocycles. The Morgan fingerprint density at radius 2 is 1.72 bits per heavy atom. The van der Waals surface area contributed by atoms with Crippen LogP contribution >= 0.6 is 0 Å². The highest BCUT2D eigenvalue weighted by Crippen LogP contribution is 2.21. The van der Waals surface area contributed by atoms with Gasteiger partial charge in [0.05, 0.1) is 7.11 Å². The highest BCUT2D eigenvalue weighted by atomic mass is 16.5. The molecule has 1 aromatic heterocycles. The van der Waals surface area contributed by atoms with Crippen molar-refractivity contribution in [2.75, 3.05) is 24.4 Å². The molecular formula is C20H22N4O. The highest BCUT2D eigenvalue weighted by molar-refractivity contribution is 5.58. The molecule has 0 unspecified atom stereocenters. The van der Waals surface area contributed by atoms with Gasteiger partial charge in [0.1, 0.15) is 11.6 Å². The molecule has 0 atom stereocenters. The zero-order valence-corrected chi connectivity index (χ0v) is 14.7. The van der Waals surface area contributed by atoms with E-state index in [2.05, 4.69) is 27.4 Å². The molecule has 0 spiro atoms. The second-order valence-corrected chi connectivity index (χ2v) is 5.89. The first-order valence-electron chi connectivity index (χ1n) is 8.16. The van der Waals surface area contributed by atoms with Crippen LogP contribution in [0.2, 0.25) is 0 Å². The maximum atomic E-state index is 5.19. The Morgan fingerprint density at radius 1 is 1.00 bits per heavy atom. The van der Waals surface area contributed by atoms with Crippen LogP contribution in [0.1, 0.15) is 11.3 Å². The fourth-order valence-corrected chi connectivity index (χ4v) is 2.54. The van der Waals surface area contributed by atoms with Gasteiger partial charge in [0.15, 0.2) is 0 Å². The fraction of sp³-hybridized carbons (Fsp3) is 0.200. The number of methoxy groups -OCH3 is 1. The largest absolute Gasteiger partial charge is 0.497 e. The minimum Gasteiger partial charge on any atom is -0.497 e. The zero-order chi connectivity index (χ0) is 17.6. The number of benzene rings is 2. The topological polar surface area (TPSA) is 50.3 Å². The summed E-state index contributed by atoms with van der Waals surface area (Å²) in [6.07, 6.45) is 0. The van der Waals surface area contributed by atoms with Crippen LogP contribution in [0.4, 0.5) is 17.5 Å². The maximum absolute atomic E-state index is 5.19. The lowest BCUT2D eigenvalue weighted by Crippen LogP contribution is -2.19. The van der Waals surface area contributed by atoms with E-state index in [4.69, 9.17) is 4.74 Å². The van der Waals surface area contributed by atoms with E-state index in [1.807, 2.05) is 67.4 Å². The number of hydrogen-bond donors (Lipinski definition) is 1. The van der Waals surface area contributed by atoms with Gasteiger partial charge in [-0.05, 0) is 36.8 Å². The first-order chi connectivity index (χ1) is 12.1. The second kappa shape index (κ2) is 7.66. The molecule has 128 valence electrons. The molecule has 0 aliphatic heterocycles. The lowest BCUT2D eigenvalue weighted by Gasteiger charge is -2.18. The van der Waals surface area contributed by atoms with E-state index >= 15 is 0 Å². The van der Waals surface area contributed by atoms with Crippen LogP contribution < -0.4 is 15.0 Å². The van der Waals surface area contributed by atoms with E-state index in [0.29, 0.717) is 5.95 Å². The summed E-state index contributed by atoms with van der Waals surface area (Å²) in [7, 11) is 3.66. The highest BCUT2D eigenvalue weighted by Gasteiger charge is 2.08. The van der Waals surface area contributed by atoms with E-state index in [1.165, 1.54) is 5.56 Å². The summed E-state index contributed by atoms with van der Waals surface area (Å²) >= 11 is 0. The van der Waals surface area contributed by atoms with Gasteiger partial charge in [-0.1, -0.05) is 30.3 Å². The van der Waals surface area contributed by atoms with Crippen molar-refractivity contribution >= 4 is 17.5 Å². The predicted octanol–water partition coefficient (Wildman–Crippen LogP) is 4.17. The summed E-state index contributed by atoms with van der Waals surface area (Å²) < 4.78 is 5.19. The van der Waals surface area contributed by atoms with E-state index in [9.17, 15) is 0 Å². The van der Waals surface area contributed by atoms with Crippen molar-refractivity contribution in [2.45, 2.75) is 13.5 Å². The van der Waals surface area contributed by atoms with E-state index in [0.717, 1.165) is 29.5 Å². The van der Waals surface area contributed by atoms with Crippen molar-refractivity contribution in [1.29, 1.82) is 0 Å². The van der Waals surface area contributed by atoms with E-state index in [-0.39, 0.29) is 0 Å². The van der Waals surface area contributed by atoms with Gasteiger partial charge in [-0.15, -0.1) is 0 Å². The number of rotatable bonds is 6. The molecule has 3 rings (SSSR count). The molecule has 5 nitrogen and oxygen atoms in total. The van der Waals surface area contributed by atoms with Crippen LogP contribution in [0.5, 0.6) is 5.75 Å². The molecule has 1 N–H and O–H groups in total. The minimum absolute atomic E-state index is 0.694. The summed E-state index contributed by atoms with van der Waals surface area (Å²) in [5.41, 5.74) is 3.09. The monoisotopic (exact) mass is 334 g/mol. The van der Waals surface area contributed by atoms with Crippen molar-refractivity contribution < 1.29 is 4.74 Å². The lowest BCUT2D eigenvalue weighted by molar-refractivity contribution is 0.415. The standard InChI is InChI=1S/C20H22N4O/c1-15-13-19(22-17-9-11-18(25-3)12-10-17)23-20(21-15)24(2)14-16-7-5-4-6-8-16/h4-13H,14H2,1-3H3,(H,21,22,23). The van der Waals surface area contributed by atoms with Gasteiger partial charge in [-0.2, -0.15) is 4.98 Å². The smallest absolute Gasteiger partial charge is 0.227 e. The number of nitrogens with one attached hydrogen (secondary N) is 1. The molecule has 5 heteroatoms. The van der Waals surface area contributed by atoms with Gasteiger partial charge in [-0.25, -0.2) is 4.98 Å². The van der Waals surface area contributed by atoms with Crippen LogP contribution in [0.3, 0.4) is 0 Å². The summed E-state index contributed by atoms with van der Waals surface area (Å²) in [4.78, 5) is 11.2. The minimum atomic E-state index is 0.694. The van der Waals surface area contributed by atoms with Crippen LogP contribution in [-0.4, -0.2) is 24.1 Å². The van der Waals surface area contributed by atoms with E-state index < -0.39 is 0 Å². The molecule has 0 fully saturated rings. The molecule has 0 aliphatic rings. The number of aromatic nitrogens is 2. The van der Waals surface area contributed by atoms with Crippen LogP contribution in [0.15, 0.2) is 60.7 Å². The van der Waals surface area contributed by atoms with Gasteiger partial charge < -0.3 is 15.0 Å². The Kier molecular flexibility index (Phi) is 5.14. The van der Waals surface area contributed by atoms with Crippen molar-refractivity contribution in [3.8, 4) is 5.75 Å². The molecule has 0 saturated heterocycles. The summed E-state index contributed by atoms with van der Waals surface area (Å²) in [6, 6.07) is 20.0. The third-order valence-electron chi connectivity index (χ3n) is 3.81. The number of ether oxygens (including phenoxy) is 1. The molecule has 25 heavy (non-hydrogen) atoms. The summed E-state index contributed by atoms with van der Waals surface area (Å²) in [6.45, 7) is 2.73. The van der Waals surface area contributed by atoms with Crippen LogP contribution in [0, 0.1) is 6.92 Å². The average Bonchev–Trinajstić information content (AvgIpc) is 2.63. The van der Waals surface area contributed by atoms with Crippen molar-refractivity contribution in [3.63, 3.8) is 0 Å². The third-order valence-corrected chi connectivity index (χ3v) is 3.81. The Morgan fingerprint density at radius 3 is 2.40 bits per heavy atom. The number of hydrogen-bond acceptors (Lipinski definition) is 5. The molecular weight excluding hydrogens is 312 g/mol. The number of nitrogens with zero attached hydrogens (tertiary/aromatic N) is 3. The average molecular weight is 334 g/mol. The Bertz CT molecular complexity index is 819. The molecule has 0 radical (unpaired) electrons. The van der Waals surface area contributed by atoms with Gasteiger partial charge in [-0.3, -0.25) is 0 Å². The molecule has 0 bridgehead atoms. The number of anilines is 3. The SMILES string of the molecule is COc1ccc(Nc2cc(C)nc(N(C)Cc3ccccc3)n2)cc1. The van der Waals surface area contributed by atoms with Gasteiger partial charge in [0, 0.05) is 31.0 Å². The first-order valence-corrected chi connectivity index (χ1v) is 8.16. The van der Waals surface area contributed by atoms with Gasteiger partial charge in [0.25, 0.3) is 0 Å². The third kappa shape index (κ3) is 4.47. The van der Waals surface area contributed by atoms with E-state index in [1.54, 1.807) is 7.11 Å². The van der Waals surface area contributed by atoms with Crippen LogP contribution in [0.25, 0.3) is 0 Å². The Balaban J connectivity index is 1.77. The summed E-state index contributed by atoms with van der Waals surface area (Å²) in [5, 5.41) is 3.32. The first kappa shape index (κ1) is 16.8. The molecule has 3 aromatic rings. The Labute approximate surface area is 148 Å².